The molecular weight excluding hydrogens is 198 g/mol. The number of primary amides is 1. The van der Waals surface area contributed by atoms with E-state index in [4.69, 9.17) is 5.73 Å². The van der Waals surface area contributed by atoms with Crippen molar-refractivity contribution in [2.75, 3.05) is 0 Å². The lowest BCUT2D eigenvalue weighted by Gasteiger charge is -2.09. The first-order chi connectivity index (χ1) is 7.61. The highest BCUT2D eigenvalue weighted by Gasteiger charge is 2.09. The van der Waals surface area contributed by atoms with Gasteiger partial charge in [-0.1, -0.05) is 59.6 Å². The smallest absolute Gasteiger partial charge is 0.220 e. The third-order valence-corrected chi connectivity index (χ3v) is 2.03. The van der Waals surface area contributed by atoms with Gasteiger partial charge < -0.3 is 5.73 Å². The Bertz CT molecular complexity index is 174. The first-order valence-electron chi connectivity index (χ1n) is 6.55. The van der Waals surface area contributed by atoms with Gasteiger partial charge in [0.2, 0.25) is 5.91 Å². The molecule has 2 heteroatoms. The van der Waals surface area contributed by atoms with Crippen molar-refractivity contribution < 1.29 is 4.79 Å². The lowest BCUT2D eigenvalue weighted by atomic mass is 9.97. The zero-order chi connectivity index (χ0) is 13.6. The van der Waals surface area contributed by atoms with Crippen molar-refractivity contribution in [2.24, 2.45) is 11.7 Å². The summed E-state index contributed by atoms with van der Waals surface area (Å²) in [6.07, 6.45) is 5.11. The summed E-state index contributed by atoms with van der Waals surface area (Å²) in [4.78, 5) is 10.7. The minimum Gasteiger partial charge on any atom is -0.369 e. The van der Waals surface area contributed by atoms with E-state index in [0.29, 0.717) is 0 Å². The van der Waals surface area contributed by atoms with Gasteiger partial charge in [-0.3, -0.25) is 4.79 Å². The molecule has 0 rings (SSSR count). The molecule has 98 valence electrons. The van der Waals surface area contributed by atoms with E-state index in [2.05, 4.69) is 13.0 Å². The number of nitrogens with two attached hydrogens (primary N) is 1. The molecule has 2 nitrogen and oxygen atoms in total. The summed E-state index contributed by atoms with van der Waals surface area (Å²) in [7, 11) is 0. The average molecular weight is 229 g/mol. The summed E-state index contributed by atoms with van der Waals surface area (Å²) in [6.45, 7) is 14.0. The lowest BCUT2D eigenvalue weighted by Crippen LogP contribution is -2.20. The van der Waals surface area contributed by atoms with Gasteiger partial charge in [-0.05, 0) is 19.8 Å². The predicted molar refractivity (Wildman–Crippen MR) is 74.3 cm³/mol. The average Bonchev–Trinajstić information content (AvgIpc) is 2.33. The van der Waals surface area contributed by atoms with Gasteiger partial charge in [-0.2, -0.15) is 0 Å². The van der Waals surface area contributed by atoms with E-state index in [9.17, 15) is 4.79 Å². The first kappa shape index (κ1) is 20.6. The van der Waals surface area contributed by atoms with Crippen LogP contribution >= 0.6 is 0 Å². The van der Waals surface area contributed by atoms with Crippen LogP contribution in [-0.2, 0) is 4.79 Å². The Labute approximate surface area is 102 Å². The summed E-state index contributed by atoms with van der Waals surface area (Å²) < 4.78 is 0. The van der Waals surface area contributed by atoms with E-state index in [1.165, 1.54) is 5.57 Å². The number of carbonyl (C=O) groups is 1. The molecule has 0 fully saturated rings. The first-order valence-corrected chi connectivity index (χ1v) is 6.55. The van der Waals surface area contributed by atoms with E-state index in [1.807, 2.05) is 41.5 Å². The van der Waals surface area contributed by atoms with Crippen molar-refractivity contribution in [2.45, 2.75) is 67.7 Å². The SMILES string of the molecule is C/C=C(\CCC)CC(C)C(N)=O.CC.CC. The highest BCUT2D eigenvalue weighted by atomic mass is 16.1. The third-order valence-electron chi connectivity index (χ3n) is 2.03. The molecule has 0 heterocycles. The van der Waals surface area contributed by atoms with Crippen molar-refractivity contribution in [3.8, 4) is 0 Å². The topological polar surface area (TPSA) is 43.1 Å². The van der Waals surface area contributed by atoms with E-state index in [-0.39, 0.29) is 11.8 Å². The molecule has 1 amide bonds. The van der Waals surface area contributed by atoms with Gasteiger partial charge in [0.25, 0.3) is 0 Å². The van der Waals surface area contributed by atoms with Crippen LogP contribution in [0, 0.1) is 5.92 Å². The van der Waals surface area contributed by atoms with Gasteiger partial charge in [0.1, 0.15) is 0 Å². The van der Waals surface area contributed by atoms with Crippen molar-refractivity contribution in [1.29, 1.82) is 0 Å². The molecule has 16 heavy (non-hydrogen) atoms. The van der Waals surface area contributed by atoms with Gasteiger partial charge in [0.05, 0.1) is 0 Å². The Balaban J connectivity index is -0.000000376. The number of hydrogen-bond donors (Lipinski definition) is 1. The second kappa shape index (κ2) is 16.6. The summed E-state index contributed by atoms with van der Waals surface area (Å²) in [6, 6.07) is 0. The molecule has 0 aromatic heterocycles. The van der Waals surface area contributed by atoms with Crippen molar-refractivity contribution in [3.05, 3.63) is 11.6 Å². The van der Waals surface area contributed by atoms with Crippen LogP contribution in [0.5, 0.6) is 0 Å². The van der Waals surface area contributed by atoms with Crippen LogP contribution in [0.1, 0.15) is 67.7 Å². The van der Waals surface area contributed by atoms with Gasteiger partial charge >= 0.3 is 0 Å². The summed E-state index contributed by atoms with van der Waals surface area (Å²) >= 11 is 0. The summed E-state index contributed by atoms with van der Waals surface area (Å²) in [5, 5.41) is 0. The maximum Gasteiger partial charge on any atom is 0.220 e. The van der Waals surface area contributed by atoms with Gasteiger partial charge in [0, 0.05) is 5.92 Å². The lowest BCUT2D eigenvalue weighted by molar-refractivity contribution is -0.121. The summed E-state index contributed by atoms with van der Waals surface area (Å²) in [5.41, 5.74) is 6.51. The molecule has 0 aliphatic rings. The predicted octanol–water partition coefficient (Wildman–Crippen LogP) is 4.30. The highest BCUT2D eigenvalue weighted by Crippen LogP contribution is 2.15. The second-order valence-electron chi connectivity index (χ2n) is 3.20. The Hall–Kier alpha value is -0.790. The molecule has 1 atom stereocenters. The van der Waals surface area contributed by atoms with Crippen molar-refractivity contribution in [3.63, 3.8) is 0 Å². The molecule has 1 unspecified atom stereocenters. The maximum absolute atomic E-state index is 10.7. The number of allylic oxidation sites excluding steroid dienone is 2. The molecule has 0 saturated heterocycles. The molecule has 0 bridgehead atoms. The van der Waals surface area contributed by atoms with E-state index in [1.54, 1.807) is 0 Å². The van der Waals surface area contributed by atoms with E-state index >= 15 is 0 Å². The molecular formula is C14H31NO. The minimum absolute atomic E-state index is 0.0252. The van der Waals surface area contributed by atoms with Crippen molar-refractivity contribution >= 4 is 5.91 Å². The van der Waals surface area contributed by atoms with Gasteiger partial charge in [-0.25, -0.2) is 0 Å². The Morgan fingerprint density at radius 2 is 1.69 bits per heavy atom. The molecule has 0 aliphatic carbocycles. The highest BCUT2D eigenvalue weighted by molar-refractivity contribution is 5.76. The quantitative estimate of drug-likeness (QED) is 0.702. The summed E-state index contributed by atoms with van der Waals surface area (Å²) in [5.74, 6) is -0.229. The number of carbonyl (C=O) groups excluding carboxylic acids is 1. The second-order valence-corrected chi connectivity index (χ2v) is 3.20. The third kappa shape index (κ3) is 13.2. The monoisotopic (exact) mass is 229 g/mol. The molecule has 0 aromatic carbocycles. The number of rotatable bonds is 5. The normalized spacial score (nSPS) is 11.6. The maximum atomic E-state index is 10.7. The Morgan fingerprint density at radius 1 is 1.25 bits per heavy atom. The number of hydrogen-bond acceptors (Lipinski definition) is 1. The fraction of sp³-hybridized carbons (Fsp3) is 0.786. The van der Waals surface area contributed by atoms with Crippen LogP contribution in [-0.4, -0.2) is 5.91 Å². The molecule has 0 spiro atoms. The largest absolute Gasteiger partial charge is 0.369 e. The molecule has 0 saturated carbocycles. The van der Waals surface area contributed by atoms with Gasteiger partial charge in [-0.15, -0.1) is 0 Å². The fourth-order valence-electron chi connectivity index (χ4n) is 1.18. The fourth-order valence-corrected chi connectivity index (χ4v) is 1.18. The zero-order valence-corrected chi connectivity index (χ0v) is 12.3. The molecule has 0 aliphatic heterocycles. The van der Waals surface area contributed by atoms with E-state index in [0.717, 1.165) is 19.3 Å². The van der Waals surface area contributed by atoms with E-state index < -0.39 is 0 Å². The van der Waals surface area contributed by atoms with Crippen LogP contribution in [0.2, 0.25) is 0 Å². The van der Waals surface area contributed by atoms with Crippen molar-refractivity contribution in [1.82, 2.24) is 0 Å². The van der Waals surface area contributed by atoms with Crippen LogP contribution < -0.4 is 5.73 Å². The van der Waals surface area contributed by atoms with Gasteiger partial charge in [0.15, 0.2) is 0 Å². The van der Waals surface area contributed by atoms with Crippen LogP contribution in [0.3, 0.4) is 0 Å². The van der Waals surface area contributed by atoms with Crippen LogP contribution in [0.15, 0.2) is 11.6 Å². The number of amides is 1. The minimum atomic E-state index is -0.203. The Kier molecular flexibility index (Phi) is 21.4. The van der Waals surface area contributed by atoms with Crippen LogP contribution in [0.25, 0.3) is 0 Å². The Morgan fingerprint density at radius 3 is 1.94 bits per heavy atom. The standard InChI is InChI=1S/C10H19NO.2C2H6/c1-4-6-9(5-2)7-8(3)10(11)12;2*1-2/h5,8H,4,6-7H2,1-3H3,(H2,11,12);2*1-2H3/b9-5+;;. The molecule has 0 radical (unpaired) electrons. The molecule has 0 aromatic rings. The van der Waals surface area contributed by atoms with Crippen LogP contribution in [0.4, 0.5) is 0 Å². The molecule has 2 N–H and O–H groups in total. The zero-order valence-electron chi connectivity index (χ0n) is 12.3.